The fourth-order valence-corrected chi connectivity index (χ4v) is 3.90. The number of rotatable bonds is 4. The quantitative estimate of drug-likeness (QED) is 0.761. The first-order chi connectivity index (χ1) is 11.6. The molecule has 25 heavy (non-hydrogen) atoms. The molecule has 1 saturated heterocycles. The number of carbonyl (C=O) groups is 1. The molecule has 0 spiro atoms. The predicted octanol–water partition coefficient (Wildman–Crippen LogP) is 3.35. The lowest BCUT2D eigenvalue weighted by Gasteiger charge is -2.33. The molecule has 0 unspecified atom stereocenters. The van der Waals surface area contributed by atoms with Crippen LogP contribution in [0.5, 0.6) is 0 Å². The highest BCUT2D eigenvalue weighted by Crippen LogP contribution is 2.23. The van der Waals surface area contributed by atoms with Gasteiger partial charge in [-0.25, -0.2) is 4.79 Å². The Kier molecular flexibility index (Phi) is 6.11. The zero-order valence-corrected chi connectivity index (χ0v) is 16.1. The molecule has 1 amide bonds. The van der Waals surface area contributed by atoms with Crippen molar-refractivity contribution in [2.45, 2.75) is 51.0 Å². The molecular formula is C18H27NO5S. The topological polar surface area (TPSA) is 72.9 Å². The van der Waals surface area contributed by atoms with E-state index in [2.05, 4.69) is 0 Å². The average molecular weight is 369 g/mol. The Morgan fingerprint density at radius 3 is 2.36 bits per heavy atom. The van der Waals surface area contributed by atoms with Crippen LogP contribution < -0.4 is 0 Å². The Morgan fingerprint density at radius 2 is 1.80 bits per heavy atom. The summed E-state index contributed by atoms with van der Waals surface area (Å²) in [6, 6.07) is 6.77. The van der Waals surface area contributed by atoms with Gasteiger partial charge in [-0.3, -0.25) is 4.18 Å². The maximum absolute atomic E-state index is 12.3. The summed E-state index contributed by atoms with van der Waals surface area (Å²) in [5.74, 6) is 0.109. The number of aryl methyl sites for hydroxylation is 1. The normalized spacial score (nSPS) is 16.7. The number of nitrogens with zero attached hydrogens (tertiary/aromatic N) is 1. The summed E-state index contributed by atoms with van der Waals surface area (Å²) in [5, 5.41) is 0. The van der Waals surface area contributed by atoms with Gasteiger partial charge < -0.3 is 9.64 Å². The molecule has 1 aromatic rings. The number of carbonyl (C=O) groups excluding carboxylic acids is 1. The van der Waals surface area contributed by atoms with Crippen molar-refractivity contribution >= 4 is 16.2 Å². The minimum absolute atomic E-state index is 0.109. The number of likely N-dealkylation sites (tertiary alicyclic amines) is 1. The second-order valence-electron chi connectivity index (χ2n) is 7.41. The van der Waals surface area contributed by atoms with Crippen molar-refractivity contribution in [3.05, 3.63) is 29.8 Å². The van der Waals surface area contributed by atoms with E-state index in [-0.39, 0.29) is 23.5 Å². The van der Waals surface area contributed by atoms with E-state index in [0.717, 1.165) is 0 Å². The van der Waals surface area contributed by atoms with Gasteiger partial charge in [-0.2, -0.15) is 8.42 Å². The van der Waals surface area contributed by atoms with E-state index >= 15 is 0 Å². The Balaban J connectivity index is 1.85. The maximum atomic E-state index is 12.3. The van der Waals surface area contributed by atoms with Crippen molar-refractivity contribution in [1.82, 2.24) is 4.90 Å². The van der Waals surface area contributed by atoms with E-state index in [0.29, 0.717) is 31.5 Å². The van der Waals surface area contributed by atoms with Crippen LogP contribution in [0.25, 0.3) is 0 Å². The first-order valence-electron chi connectivity index (χ1n) is 8.51. The van der Waals surface area contributed by atoms with Gasteiger partial charge >= 0.3 is 6.09 Å². The SMILES string of the molecule is Cc1ccccc1S(=O)(=O)OCC1CCN(C(=O)OC(C)(C)C)CC1. The van der Waals surface area contributed by atoms with Gasteiger partial charge in [0.2, 0.25) is 0 Å². The molecule has 0 saturated carbocycles. The summed E-state index contributed by atoms with van der Waals surface area (Å²) in [6.07, 6.45) is 1.07. The first kappa shape index (κ1) is 19.7. The van der Waals surface area contributed by atoms with Gasteiger partial charge in [0, 0.05) is 13.1 Å². The molecule has 1 aliphatic rings. The van der Waals surface area contributed by atoms with Gasteiger partial charge in [0.1, 0.15) is 5.60 Å². The van der Waals surface area contributed by atoms with Crippen molar-refractivity contribution in [1.29, 1.82) is 0 Å². The molecule has 2 rings (SSSR count). The molecule has 0 N–H and O–H groups in total. The van der Waals surface area contributed by atoms with Crippen LogP contribution in [0.2, 0.25) is 0 Å². The van der Waals surface area contributed by atoms with E-state index in [1.165, 1.54) is 0 Å². The zero-order chi connectivity index (χ0) is 18.7. The summed E-state index contributed by atoms with van der Waals surface area (Å²) < 4.78 is 35.2. The summed E-state index contributed by atoms with van der Waals surface area (Å²) >= 11 is 0. The van der Waals surface area contributed by atoms with Gasteiger partial charge in [0.25, 0.3) is 10.1 Å². The first-order valence-corrected chi connectivity index (χ1v) is 9.92. The number of hydrogen-bond donors (Lipinski definition) is 0. The average Bonchev–Trinajstić information content (AvgIpc) is 2.52. The van der Waals surface area contributed by atoms with Crippen molar-refractivity contribution in [2.24, 2.45) is 5.92 Å². The van der Waals surface area contributed by atoms with E-state index in [9.17, 15) is 13.2 Å². The van der Waals surface area contributed by atoms with Crippen LogP contribution in [-0.4, -0.2) is 44.7 Å². The standard InChI is InChI=1S/C18H27NO5S/c1-14-7-5-6-8-16(14)25(21,22)23-13-15-9-11-19(12-10-15)17(20)24-18(2,3)4/h5-8,15H,9-13H2,1-4H3. The third-order valence-electron chi connectivity index (χ3n) is 4.09. The fourth-order valence-electron chi connectivity index (χ4n) is 2.69. The molecule has 0 atom stereocenters. The molecule has 1 fully saturated rings. The van der Waals surface area contributed by atoms with Crippen molar-refractivity contribution in [3.63, 3.8) is 0 Å². The summed E-state index contributed by atoms with van der Waals surface area (Å²) in [4.78, 5) is 13.9. The lowest BCUT2D eigenvalue weighted by molar-refractivity contribution is 0.0165. The van der Waals surface area contributed by atoms with Crippen LogP contribution in [0.3, 0.4) is 0 Å². The van der Waals surface area contributed by atoms with Crippen LogP contribution >= 0.6 is 0 Å². The van der Waals surface area contributed by atoms with Crippen molar-refractivity contribution < 1.29 is 22.1 Å². The molecule has 0 radical (unpaired) electrons. The Morgan fingerprint density at radius 1 is 1.20 bits per heavy atom. The largest absolute Gasteiger partial charge is 0.444 e. The molecule has 6 nitrogen and oxygen atoms in total. The number of piperidine rings is 1. The third-order valence-corrected chi connectivity index (χ3v) is 5.53. The smallest absolute Gasteiger partial charge is 0.410 e. The highest BCUT2D eigenvalue weighted by atomic mass is 32.2. The van der Waals surface area contributed by atoms with E-state index in [1.54, 1.807) is 36.1 Å². The Bertz CT molecular complexity index is 700. The van der Waals surface area contributed by atoms with Gasteiger partial charge in [0.15, 0.2) is 0 Å². The van der Waals surface area contributed by atoms with Crippen molar-refractivity contribution in [2.75, 3.05) is 19.7 Å². The lowest BCUT2D eigenvalue weighted by atomic mass is 9.98. The fraction of sp³-hybridized carbons (Fsp3) is 0.611. The lowest BCUT2D eigenvalue weighted by Crippen LogP contribution is -2.42. The van der Waals surface area contributed by atoms with Crippen LogP contribution in [0.4, 0.5) is 4.79 Å². The Hall–Kier alpha value is -1.60. The summed E-state index contributed by atoms with van der Waals surface area (Å²) in [7, 11) is -3.75. The zero-order valence-electron chi connectivity index (χ0n) is 15.3. The van der Waals surface area contributed by atoms with Gasteiger partial charge in [0.05, 0.1) is 11.5 Å². The molecule has 0 aromatic heterocycles. The molecule has 1 heterocycles. The second-order valence-corrected chi connectivity index (χ2v) is 9.00. The molecule has 7 heteroatoms. The minimum Gasteiger partial charge on any atom is -0.444 e. The second kappa shape index (κ2) is 7.74. The van der Waals surface area contributed by atoms with Crippen LogP contribution in [0, 0.1) is 12.8 Å². The van der Waals surface area contributed by atoms with E-state index in [1.807, 2.05) is 20.8 Å². The van der Waals surface area contributed by atoms with Crippen LogP contribution in [0.15, 0.2) is 29.2 Å². The highest BCUT2D eigenvalue weighted by molar-refractivity contribution is 7.86. The number of benzene rings is 1. The predicted molar refractivity (Wildman–Crippen MR) is 94.8 cm³/mol. The van der Waals surface area contributed by atoms with E-state index in [4.69, 9.17) is 8.92 Å². The van der Waals surface area contributed by atoms with Crippen molar-refractivity contribution in [3.8, 4) is 0 Å². The molecule has 0 bridgehead atoms. The molecule has 0 aliphatic carbocycles. The molecule has 1 aromatic carbocycles. The van der Waals surface area contributed by atoms with Gasteiger partial charge in [-0.15, -0.1) is 0 Å². The summed E-state index contributed by atoms with van der Waals surface area (Å²) in [5.41, 5.74) is 0.154. The maximum Gasteiger partial charge on any atom is 0.410 e. The highest BCUT2D eigenvalue weighted by Gasteiger charge is 2.28. The molecule has 1 aliphatic heterocycles. The monoisotopic (exact) mass is 369 g/mol. The van der Waals surface area contributed by atoms with Crippen LogP contribution in [-0.2, 0) is 19.0 Å². The number of hydrogen-bond acceptors (Lipinski definition) is 5. The van der Waals surface area contributed by atoms with Crippen LogP contribution in [0.1, 0.15) is 39.2 Å². The van der Waals surface area contributed by atoms with E-state index < -0.39 is 15.7 Å². The van der Waals surface area contributed by atoms with Gasteiger partial charge in [-0.1, -0.05) is 18.2 Å². The molecule has 140 valence electrons. The van der Waals surface area contributed by atoms with Gasteiger partial charge in [-0.05, 0) is 58.1 Å². The number of ether oxygens (including phenoxy) is 1. The third kappa shape index (κ3) is 5.71. The minimum atomic E-state index is -3.75. The summed E-state index contributed by atoms with van der Waals surface area (Å²) in [6.45, 7) is 8.49. The number of amides is 1. The molecular weight excluding hydrogens is 342 g/mol. The Labute approximate surface area is 150 Å².